The van der Waals surface area contributed by atoms with Gasteiger partial charge in [-0.15, -0.1) is 11.3 Å². The van der Waals surface area contributed by atoms with Gasteiger partial charge in [0.05, 0.1) is 26.3 Å². The molecular weight excluding hydrogens is 354 g/mol. The summed E-state index contributed by atoms with van der Waals surface area (Å²) in [5, 5.41) is 4.95. The van der Waals surface area contributed by atoms with Crippen LogP contribution in [0, 0.1) is 0 Å². The van der Waals surface area contributed by atoms with Crippen molar-refractivity contribution in [3.8, 4) is 11.5 Å². The highest BCUT2D eigenvalue weighted by Crippen LogP contribution is 2.33. The third-order valence-electron chi connectivity index (χ3n) is 4.24. The molecule has 0 atom stereocenters. The lowest BCUT2D eigenvalue weighted by molar-refractivity contribution is -0.131. The molecule has 1 aliphatic rings. The quantitative estimate of drug-likeness (QED) is 0.867. The van der Waals surface area contributed by atoms with Crippen molar-refractivity contribution in [2.45, 2.75) is 26.3 Å². The van der Waals surface area contributed by atoms with E-state index in [0.29, 0.717) is 35.4 Å². The first-order valence-corrected chi connectivity index (χ1v) is 9.11. The fraction of sp³-hybridized carbons (Fsp3) is 0.389. The Balaban J connectivity index is 1.69. The summed E-state index contributed by atoms with van der Waals surface area (Å²) in [6.45, 7) is 2.63. The minimum atomic E-state index is -0.172. The fourth-order valence-electron chi connectivity index (χ4n) is 2.96. The number of rotatable bonds is 5. The lowest BCUT2D eigenvalue weighted by atomic mass is 9.98. The van der Waals surface area contributed by atoms with Crippen molar-refractivity contribution in [1.82, 2.24) is 9.88 Å². The highest BCUT2D eigenvalue weighted by Gasteiger charge is 2.23. The Morgan fingerprint density at radius 1 is 1.23 bits per heavy atom. The Labute approximate surface area is 155 Å². The van der Waals surface area contributed by atoms with E-state index in [1.165, 1.54) is 23.8 Å². The smallest absolute Gasteiger partial charge is 0.228 e. The summed E-state index contributed by atoms with van der Waals surface area (Å²) in [6, 6.07) is 3.92. The highest BCUT2D eigenvalue weighted by molar-refractivity contribution is 7.13. The fourth-order valence-corrected chi connectivity index (χ4v) is 3.72. The molecule has 0 spiro atoms. The summed E-state index contributed by atoms with van der Waals surface area (Å²) in [4.78, 5) is 29.8. The molecule has 0 bridgehead atoms. The van der Waals surface area contributed by atoms with Crippen LogP contribution in [0.1, 0.15) is 23.7 Å². The van der Waals surface area contributed by atoms with E-state index in [0.717, 1.165) is 12.0 Å². The van der Waals surface area contributed by atoms with Crippen LogP contribution in [0.3, 0.4) is 0 Å². The SMILES string of the molecule is COc1cc2c(cc1OC)CN(C(=O)Cc1csc(NC(C)=O)n1)CC2. The predicted molar refractivity (Wildman–Crippen MR) is 98.8 cm³/mol. The van der Waals surface area contributed by atoms with Crippen molar-refractivity contribution in [2.24, 2.45) is 0 Å². The van der Waals surface area contributed by atoms with Crippen LogP contribution in [-0.2, 0) is 29.0 Å². The van der Waals surface area contributed by atoms with Crippen LogP contribution in [-0.4, -0.2) is 42.5 Å². The zero-order valence-corrected chi connectivity index (χ0v) is 15.8. The average Bonchev–Trinajstić information content (AvgIpc) is 3.05. The van der Waals surface area contributed by atoms with E-state index in [4.69, 9.17) is 9.47 Å². The third-order valence-corrected chi connectivity index (χ3v) is 5.04. The Hall–Kier alpha value is -2.61. The summed E-state index contributed by atoms with van der Waals surface area (Å²) >= 11 is 1.32. The number of thiazole rings is 1. The maximum atomic E-state index is 12.6. The number of carbonyl (C=O) groups is 2. The van der Waals surface area contributed by atoms with E-state index in [1.54, 1.807) is 19.6 Å². The van der Waals surface area contributed by atoms with E-state index in [2.05, 4.69) is 10.3 Å². The zero-order chi connectivity index (χ0) is 18.7. The number of benzene rings is 1. The first-order valence-electron chi connectivity index (χ1n) is 8.23. The normalized spacial score (nSPS) is 13.1. The second-order valence-electron chi connectivity index (χ2n) is 6.04. The molecule has 0 saturated heterocycles. The Kier molecular flexibility index (Phi) is 5.41. The minimum Gasteiger partial charge on any atom is -0.493 e. The van der Waals surface area contributed by atoms with Gasteiger partial charge in [0.25, 0.3) is 0 Å². The molecule has 3 rings (SSSR count). The number of ether oxygens (including phenoxy) is 2. The number of methoxy groups -OCH3 is 2. The van der Waals surface area contributed by atoms with Gasteiger partial charge in [-0.3, -0.25) is 9.59 Å². The molecule has 0 radical (unpaired) electrons. The van der Waals surface area contributed by atoms with Gasteiger partial charge < -0.3 is 19.7 Å². The van der Waals surface area contributed by atoms with E-state index in [1.807, 2.05) is 17.0 Å². The van der Waals surface area contributed by atoms with Crippen molar-refractivity contribution in [2.75, 3.05) is 26.1 Å². The second kappa shape index (κ2) is 7.74. The number of fused-ring (bicyclic) bond motifs is 1. The monoisotopic (exact) mass is 375 g/mol. The van der Waals surface area contributed by atoms with Crippen LogP contribution in [0.5, 0.6) is 11.5 Å². The van der Waals surface area contributed by atoms with Crippen LogP contribution in [0.15, 0.2) is 17.5 Å². The summed E-state index contributed by atoms with van der Waals surface area (Å²) in [7, 11) is 3.22. The first kappa shape index (κ1) is 18.2. The van der Waals surface area contributed by atoms with Crippen LogP contribution < -0.4 is 14.8 Å². The number of nitrogens with one attached hydrogen (secondary N) is 1. The van der Waals surface area contributed by atoms with Crippen LogP contribution >= 0.6 is 11.3 Å². The standard InChI is InChI=1S/C18H21N3O4S/c1-11(22)19-18-20-14(10-26-18)8-17(23)21-5-4-12-6-15(24-2)16(25-3)7-13(12)9-21/h6-7,10H,4-5,8-9H2,1-3H3,(H,19,20,22). The van der Waals surface area contributed by atoms with Gasteiger partial charge in [0.1, 0.15) is 0 Å². The molecule has 0 fully saturated rings. The summed E-state index contributed by atoms with van der Waals surface area (Å²) < 4.78 is 10.7. The molecule has 1 aliphatic heterocycles. The lowest BCUT2D eigenvalue weighted by Crippen LogP contribution is -2.37. The van der Waals surface area contributed by atoms with Gasteiger partial charge in [-0.05, 0) is 29.7 Å². The molecule has 138 valence electrons. The molecule has 8 heteroatoms. The number of anilines is 1. The average molecular weight is 375 g/mol. The maximum Gasteiger partial charge on any atom is 0.228 e. The molecule has 1 aromatic heterocycles. The first-order chi connectivity index (χ1) is 12.5. The number of amides is 2. The van der Waals surface area contributed by atoms with E-state index in [-0.39, 0.29) is 18.2 Å². The van der Waals surface area contributed by atoms with Crippen molar-refractivity contribution in [3.63, 3.8) is 0 Å². The molecule has 1 N–H and O–H groups in total. The molecule has 2 aromatic rings. The van der Waals surface area contributed by atoms with E-state index < -0.39 is 0 Å². The lowest BCUT2D eigenvalue weighted by Gasteiger charge is -2.29. The Morgan fingerprint density at radius 2 is 1.92 bits per heavy atom. The van der Waals surface area contributed by atoms with Crippen LogP contribution in [0.2, 0.25) is 0 Å². The molecule has 7 nitrogen and oxygen atoms in total. The number of hydrogen-bond donors (Lipinski definition) is 1. The summed E-state index contributed by atoms with van der Waals surface area (Å²) in [5.41, 5.74) is 2.91. The van der Waals surface area contributed by atoms with Crippen molar-refractivity contribution in [3.05, 3.63) is 34.3 Å². The highest BCUT2D eigenvalue weighted by atomic mass is 32.1. The molecule has 0 saturated carbocycles. The molecule has 1 aromatic carbocycles. The number of hydrogen-bond acceptors (Lipinski definition) is 6. The van der Waals surface area contributed by atoms with Gasteiger partial charge in [-0.2, -0.15) is 0 Å². The molecular formula is C18H21N3O4S. The van der Waals surface area contributed by atoms with Gasteiger partial charge in [0, 0.05) is 25.4 Å². The van der Waals surface area contributed by atoms with Crippen molar-refractivity contribution < 1.29 is 19.1 Å². The van der Waals surface area contributed by atoms with Gasteiger partial charge in [-0.25, -0.2) is 4.98 Å². The van der Waals surface area contributed by atoms with Gasteiger partial charge in [-0.1, -0.05) is 0 Å². The van der Waals surface area contributed by atoms with Crippen LogP contribution in [0.25, 0.3) is 0 Å². The molecule has 26 heavy (non-hydrogen) atoms. The summed E-state index contributed by atoms with van der Waals surface area (Å²) in [5.74, 6) is 1.22. The van der Waals surface area contributed by atoms with Gasteiger partial charge in [0.2, 0.25) is 11.8 Å². The minimum absolute atomic E-state index is 0.0186. The zero-order valence-electron chi connectivity index (χ0n) is 15.0. The molecule has 0 aliphatic carbocycles. The number of aromatic nitrogens is 1. The molecule has 2 amide bonds. The van der Waals surface area contributed by atoms with Crippen molar-refractivity contribution >= 4 is 28.3 Å². The van der Waals surface area contributed by atoms with Gasteiger partial charge >= 0.3 is 0 Å². The Bertz CT molecular complexity index is 834. The molecule has 0 unspecified atom stereocenters. The summed E-state index contributed by atoms with van der Waals surface area (Å²) in [6.07, 6.45) is 0.994. The number of nitrogens with zero attached hydrogens (tertiary/aromatic N) is 2. The van der Waals surface area contributed by atoms with Gasteiger partial charge in [0.15, 0.2) is 16.6 Å². The topological polar surface area (TPSA) is 80.8 Å². The number of carbonyl (C=O) groups excluding carboxylic acids is 2. The second-order valence-corrected chi connectivity index (χ2v) is 6.90. The van der Waals surface area contributed by atoms with E-state index in [9.17, 15) is 9.59 Å². The predicted octanol–water partition coefficient (Wildman–Crippen LogP) is 2.25. The molecule has 2 heterocycles. The van der Waals surface area contributed by atoms with Crippen molar-refractivity contribution in [1.29, 1.82) is 0 Å². The van der Waals surface area contributed by atoms with E-state index >= 15 is 0 Å². The third kappa shape index (κ3) is 3.96. The van der Waals surface area contributed by atoms with Crippen LogP contribution in [0.4, 0.5) is 5.13 Å². The maximum absolute atomic E-state index is 12.6. The largest absolute Gasteiger partial charge is 0.493 e. The Morgan fingerprint density at radius 3 is 2.58 bits per heavy atom.